The van der Waals surface area contributed by atoms with Gasteiger partial charge in [-0.25, -0.2) is 4.98 Å². The van der Waals surface area contributed by atoms with Gasteiger partial charge in [0.05, 0.1) is 18.4 Å². The van der Waals surface area contributed by atoms with E-state index in [0.717, 1.165) is 35.1 Å². The average Bonchev–Trinajstić information content (AvgIpc) is 2.79. The minimum absolute atomic E-state index is 0.647. The van der Waals surface area contributed by atoms with Gasteiger partial charge in [-0.3, -0.25) is 0 Å². The monoisotopic (exact) mass is 324 g/mol. The fraction of sp³-hybridized carbons (Fsp3) is 0.438. The van der Waals surface area contributed by atoms with Gasteiger partial charge in [0.25, 0.3) is 0 Å². The molecule has 0 amide bonds. The Morgan fingerprint density at radius 3 is 2.81 bits per heavy atom. The number of hydrogen-bond donors (Lipinski definition) is 1. The van der Waals surface area contributed by atoms with Crippen molar-refractivity contribution >= 4 is 22.9 Å². The van der Waals surface area contributed by atoms with Crippen molar-refractivity contribution in [3.05, 3.63) is 33.8 Å². The molecule has 1 heterocycles. The van der Waals surface area contributed by atoms with Crippen molar-refractivity contribution in [2.45, 2.75) is 27.3 Å². The van der Waals surface area contributed by atoms with Crippen molar-refractivity contribution in [2.75, 3.05) is 13.7 Å². The molecule has 0 aliphatic rings. The van der Waals surface area contributed by atoms with Crippen molar-refractivity contribution < 1.29 is 4.74 Å². The second-order valence-corrected chi connectivity index (χ2v) is 6.92. The van der Waals surface area contributed by atoms with Crippen LogP contribution in [0.4, 0.5) is 0 Å². The summed E-state index contributed by atoms with van der Waals surface area (Å²) in [7, 11) is 1.65. The number of nitrogens with one attached hydrogen (secondary N) is 1. The van der Waals surface area contributed by atoms with Gasteiger partial charge in [-0.1, -0.05) is 25.4 Å². The number of aromatic nitrogens is 1. The van der Waals surface area contributed by atoms with Crippen LogP contribution in [0.5, 0.6) is 5.75 Å². The number of halogens is 1. The minimum atomic E-state index is 0.647. The Balaban J connectivity index is 2.22. The SMILES string of the molecule is COc1cc(Cl)ccc1-c1nc(C)c(CNCC(C)C)s1. The van der Waals surface area contributed by atoms with Crippen molar-refractivity contribution in [2.24, 2.45) is 5.92 Å². The normalized spacial score (nSPS) is 11.1. The third kappa shape index (κ3) is 4.19. The second kappa shape index (κ2) is 7.25. The van der Waals surface area contributed by atoms with Crippen LogP contribution in [-0.4, -0.2) is 18.6 Å². The van der Waals surface area contributed by atoms with E-state index >= 15 is 0 Å². The first-order valence-corrected chi connectivity index (χ1v) is 8.21. The van der Waals surface area contributed by atoms with Crippen molar-refractivity contribution in [1.29, 1.82) is 0 Å². The van der Waals surface area contributed by atoms with Crippen LogP contribution in [0.1, 0.15) is 24.4 Å². The number of nitrogens with zero attached hydrogens (tertiary/aromatic N) is 1. The molecule has 0 aliphatic carbocycles. The number of hydrogen-bond acceptors (Lipinski definition) is 4. The van der Waals surface area contributed by atoms with E-state index in [2.05, 4.69) is 31.1 Å². The van der Waals surface area contributed by atoms with E-state index in [1.807, 2.05) is 18.2 Å². The zero-order valence-electron chi connectivity index (χ0n) is 12.9. The highest BCUT2D eigenvalue weighted by Crippen LogP contribution is 2.35. The summed E-state index contributed by atoms with van der Waals surface area (Å²) in [6, 6.07) is 5.65. The smallest absolute Gasteiger partial charge is 0.130 e. The molecular formula is C16H21ClN2OS. The first-order valence-electron chi connectivity index (χ1n) is 7.02. The Morgan fingerprint density at radius 2 is 2.14 bits per heavy atom. The Labute approximate surface area is 135 Å². The van der Waals surface area contributed by atoms with Gasteiger partial charge in [0.15, 0.2) is 0 Å². The summed E-state index contributed by atoms with van der Waals surface area (Å²) in [5.41, 5.74) is 2.06. The van der Waals surface area contributed by atoms with Crippen LogP contribution in [0.3, 0.4) is 0 Å². The highest BCUT2D eigenvalue weighted by Gasteiger charge is 2.13. The number of benzene rings is 1. The average molecular weight is 325 g/mol. The first kappa shape index (κ1) is 16.3. The van der Waals surface area contributed by atoms with Gasteiger partial charge >= 0.3 is 0 Å². The summed E-state index contributed by atoms with van der Waals surface area (Å²) < 4.78 is 5.41. The minimum Gasteiger partial charge on any atom is -0.496 e. The molecule has 0 atom stereocenters. The molecule has 1 aromatic heterocycles. The topological polar surface area (TPSA) is 34.1 Å². The molecule has 0 spiro atoms. The fourth-order valence-corrected chi connectivity index (χ4v) is 3.25. The van der Waals surface area contributed by atoms with Crippen molar-refractivity contribution in [3.63, 3.8) is 0 Å². The predicted molar refractivity (Wildman–Crippen MR) is 90.4 cm³/mol. The molecule has 0 aliphatic heterocycles. The number of aryl methyl sites for hydroxylation is 1. The maximum Gasteiger partial charge on any atom is 0.130 e. The van der Waals surface area contributed by atoms with Gasteiger partial charge < -0.3 is 10.1 Å². The first-order chi connectivity index (χ1) is 10.0. The molecule has 0 bridgehead atoms. The third-order valence-electron chi connectivity index (χ3n) is 3.12. The van der Waals surface area contributed by atoms with Gasteiger partial charge in [-0.2, -0.15) is 0 Å². The van der Waals surface area contributed by atoms with Crippen molar-refractivity contribution in [1.82, 2.24) is 10.3 Å². The number of methoxy groups -OCH3 is 1. The molecule has 114 valence electrons. The zero-order valence-corrected chi connectivity index (χ0v) is 14.4. The Bertz CT molecular complexity index is 610. The van der Waals surface area contributed by atoms with E-state index in [1.165, 1.54) is 4.88 Å². The van der Waals surface area contributed by atoms with E-state index < -0.39 is 0 Å². The molecular weight excluding hydrogens is 304 g/mol. The van der Waals surface area contributed by atoms with E-state index in [4.69, 9.17) is 16.3 Å². The fourth-order valence-electron chi connectivity index (χ4n) is 2.02. The van der Waals surface area contributed by atoms with E-state index in [-0.39, 0.29) is 0 Å². The quantitative estimate of drug-likeness (QED) is 0.848. The molecule has 2 rings (SSSR count). The zero-order chi connectivity index (χ0) is 15.4. The third-order valence-corrected chi connectivity index (χ3v) is 4.55. The summed E-state index contributed by atoms with van der Waals surface area (Å²) >= 11 is 7.71. The largest absolute Gasteiger partial charge is 0.496 e. The number of rotatable bonds is 6. The summed E-state index contributed by atoms with van der Waals surface area (Å²) in [6.45, 7) is 8.33. The Kier molecular flexibility index (Phi) is 5.62. The van der Waals surface area contributed by atoms with Crippen LogP contribution >= 0.6 is 22.9 Å². The number of ether oxygens (including phenoxy) is 1. The van der Waals surface area contributed by atoms with Crippen LogP contribution < -0.4 is 10.1 Å². The Morgan fingerprint density at radius 1 is 1.38 bits per heavy atom. The van der Waals surface area contributed by atoms with Crippen LogP contribution in [0.2, 0.25) is 5.02 Å². The molecule has 21 heavy (non-hydrogen) atoms. The molecule has 1 N–H and O–H groups in total. The van der Waals surface area contributed by atoms with Crippen LogP contribution in [0.25, 0.3) is 10.6 Å². The molecule has 3 nitrogen and oxygen atoms in total. The molecule has 0 fully saturated rings. The lowest BCUT2D eigenvalue weighted by Crippen LogP contribution is -2.18. The molecule has 0 unspecified atom stereocenters. The summed E-state index contributed by atoms with van der Waals surface area (Å²) in [6.07, 6.45) is 0. The van der Waals surface area contributed by atoms with Gasteiger partial charge in [0.2, 0.25) is 0 Å². The Hall–Kier alpha value is -1.10. The van der Waals surface area contributed by atoms with Crippen molar-refractivity contribution in [3.8, 4) is 16.3 Å². The highest BCUT2D eigenvalue weighted by molar-refractivity contribution is 7.15. The maximum atomic E-state index is 6.01. The molecule has 0 radical (unpaired) electrons. The van der Waals surface area contributed by atoms with E-state index in [1.54, 1.807) is 18.4 Å². The maximum absolute atomic E-state index is 6.01. The number of thiazole rings is 1. The lowest BCUT2D eigenvalue weighted by Gasteiger charge is -2.06. The standard InChI is InChI=1S/C16H21ClN2OS/c1-10(2)8-18-9-15-11(3)19-16(21-15)13-6-5-12(17)7-14(13)20-4/h5-7,10,18H,8-9H2,1-4H3. The van der Waals surface area contributed by atoms with Crippen LogP contribution in [0, 0.1) is 12.8 Å². The van der Waals surface area contributed by atoms with Crippen LogP contribution in [-0.2, 0) is 6.54 Å². The van der Waals surface area contributed by atoms with Gasteiger partial charge in [-0.05, 0) is 37.6 Å². The molecule has 0 saturated carbocycles. The van der Waals surface area contributed by atoms with E-state index in [9.17, 15) is 0 Å². The van der Waals surface area contributed by atoms with Gasteiger partial charge in [0, 0.05) is 16.4 Å². The summed E-state index contributed by atoms with van der Waals surface area (Å²) in [5, 5.41) is 5.11. The molecule has 0 saturated heterocycles. The second-order valence-electron chi connectivity index (χ2n) is 5.40. The van der Waals surface area contributed by atoms with Gasteiger partial charge in [-0.15, -0.1) is 11.3 Å². The van der Waals surface area contributed by atoms with Crippen LogP contribution in [0.15, 0.2) is 18.2 Å². The highest BCUT2D eigenvalue weighted by atomic mass is 35.5. The van der Waals surface area contributed by atoms with E-state index in [0.29, 0.717) is 10.9 Å². The summed E-state index contributed by atoms with van der Waals surface area (Å²) in [5.74, 6) is 1.41. The predicted octanol–water partition coefficient (Wildman–Crippen LogP) is 4.53. The van der Waals surface area contributed by atoms with Gasteiger partial charge in [0.1, 0.15) is 10.8 Å². The summed E-state index contributed by atoms with van der Waals surface area (Å²) in [4.78, 5) is 5.94. The molecule has 1 aromatic carbocycles. The molecule has 5 heteroatoms. The molecule has 2 aromatic rings. The lowest BCUT2D eigenvalue weighted by molar-refractivity contribution is 0.416. The lowest BCUT2D eigenvalue weighted by atomic mass is 10.2.